The highest BCUT2D eigenvalue weighted by Gasteiger charge is 2.92. The third kappa shape index (κ3) is 1.26. The van der Waals surface area contributed by atoms with Gasteiger partial charge in [0.1, 0.15) is 0 Å². The van der Waals surface area contributed by atoms with E-state index in [0.717, 1.165) is 24.2 Å². The molecule has 4 rings (SSSR count). The molecule has 2 atom stereocenters. The molecule has 2 aliphatic carbocycles. The lowest BCUT2D eigenvalue weighted by Gasteiger charge is -2.30. The molecule has 0 amide bonds. The highest BCUT2D eigenvalue weighted by atomic mass is 17.0. The molecular formula is C14H22O2. The minimum absolute atomic E-state index is 0.0567. The second-order valence-electron chi connectivity index (χ2n) is 6.60. The van der Waals surface area contributed by atoms with E-state index in [1.165, 1.54) is 44.9 Å². The fourth-order valence-electron chi connectivity index (χ4n) is 4.27. The van der Waals surface area contributed by atoms with Crippen LogP contribution in [0.3, 0.4) is 0 Å². The largest absolute Gasteiger partial charge is 0.307 e. The number of hydrogen-bond donors (Lipinski definition) is 0. The Balaban J connectivity index is 1.39. The summed E-state index contributed by atoms with van der Waals surface area (Å²) in [6.07, 6.45) is 11.1. The van der Waals surface area contributed by atoms with Crippen LogP contribution in [0.15, 0.2) is 0 Å². The molecule has 0 radical (unpaired) electrons. The minimum atomic E-state index is -0.0600. The van der Waals surface area contributed by atoms with Crippen LogP contribution in [0.25, 0.3) is 0 Å². The first-order valence-electron chi connectivity index (χ1n) is 7.13. The molecule has 0 bridgehead atoms. The molecule has 2 heterocycles. The van der Waals surface area contributed by atoms with Crippen molar-refractivity contribution in [3.8, 4) is 0 Å². The Morgan fingerprint density at radius 3 is 2.44 bits per heavy atom. The standard InChI is InChI=1S/C14H22O2/c1-10-8-13-14(15-13,16-13)9-12(10)7-11-5-3-2-4-6-11/h10-12H,2-9H2,1H3. The van der Waals surface area contributed by atoms with Crippen LogP contribution in [-0.2, 0) is 9.47 Å². The fourth-order valence-corrected chi connectivity index (χ4v) is 4.27. The van der Waals surface area contributed by atoms with Gasteiger partial charge in [-0.15, -0.1) is 0 Å². The molecule has 2 aliphatic heterocycles. The summed E-state index contributed by atoms with van der Waals surface area (Å²) in [6, 6.07) is 0. The monoisotopic (exact) mass is 222 g/mol. The zero-order chi connectivity index (χ0) is 10.8. The van der Waals surface area contributed by atoms with Crippen molar-refractivity contribution < 1.29 is 9.47 Å². The molecule has 0 aromatic heterocycles. The molecule has 2 nitrogen and oxygen atoms in total. The van der Waals surface area contributed by atoms with Crippen LogP contribution in [0.5, 0.6) is 0 Å². The number of ether oxygens (including phenoxy) is 2. The quantitative estimate of drug-likeness (QED) is 0.668. The van der Waals surface area contributed by atoms with Crippen molar-refractivity contribution in [3.05, 3.63) is 0 Å². The third-order valence-corrected chi connectivity index (χ3v) is 5.44. The van der Waals surface area contributed by atoms with Crippen molar-refractivity contribution in [1.29, 1.82) is 0 Å². The van der Waals surface area contributed by atoms with E-state index in [1.807, 2.05) is 0 Å². The smallest absolute Gasteiger partial charge is 0.229 e. The fraction of sp³-hybridized carbons (Fsp3) is 1.00. The van der Waals surface area contributed by atoms with E-state index in [9.17, 15) is 0 Å². The number of epoxide rings is 2. The lowest BCUT2D eigenvalue weighted by molar-refractivity contribution is -0.0948. The molecule has 2 saturated heterocycles. The maximum absolute atomic E-state index is 5.71. The first-order chi connectivity index (χ1) is 7.73. The molecule has 2 heteroatoms. The Labute approximate surface area is 97.7 Å². The molecule has 16 heavy (non-hydrogen) atoms. The van der Waals surface area contributed by atoms with Crippen molar-refractivity contribution in [3.63, 3.8) is 0 Å². The van der Waals surface area contributed by atoms with Gasteiger partial charge in [-0.05, 0) is 24.2 Å². The summed E-state index contributed by atoms with van der Waals surface area (Å²) >= 11 is 0. The van der Waals surface area contributed by atoms with Crippen molar-refractivity contribution in [2.24, 2.45) is 17.8 Å². The Morgan fingerprint density at radius 2 is 1.69 bits per heavy atom. The predicted molar refractivity (Wildman–Crippen MR) is 60.7 cm³/mol. The van der Waals surface area contributed by atoms with Crippen molar-refractivity contribution in [2.45, 2.75) is 69.9 Å². The van der Waals surface area contributed by atoms with Crippen molar-refractivity contribution >= 4 is 0 Å². The van der Waals surface area contributed by atoms with Gasteiger partial charge in [-0.1, -0.05) is 39.0 Å². The Kier molecular flexibility index (Phi) is 1.87. The van der Waals surface area contributed by atoms with E-state index in [-0.39, 0.29) is 11.6 Å². The Hall–Kier alpha value is -0.0800. The van der Waals surface area contributed by atoms with Crippen LogP contribution >= 0.6 is 0 Å². The summed E-state index contributed by atoms with van der Waals surface area (Å²) in [5.41, 5.74) is 0. The molecule has 90 valence electrons. The summed E-state index contributed by atoms with van der Waals surface area (Å²) in [5.74, 6) is 2.55. The van der Waals surface area contributed by atoms with Gasteiger partial charge in [0.2, 0.25) is 11.6 Å². The highest BCUT2D eigenvalue weighted by molar-refractivity contribution is 5.21. The molecular weight excluding hydrogens is 200 g/mol. The summed E-state index contributed by atoms with van der Waals surface area (Å²) in [7, 11) is 0. The summed E-state index contributed by atoms with van der Waals surface area (Å²) in [6.45, 7) is 2.40. The molecule has 4 aliphatic rings. The van der Waals surface area contributed by atoms with E-state index in [1.54, 1.807) is 0 Å². The maximum atomic E-state index is 5.71. The van der Waals surface area contributed by atoms with Gasteiger partial charge in [0, 0.05) is 12.8 Å². The zero-order valence-electron chi connectivity index (χ0n) is 10.2. The van der Waals surface area contributed by atoms with Crippen LogP contribution in [0.1, 0.15) is 58.3 Å². The van der Waals surface area contributed by atoms with Crippen LogP contribution in [0.4, 0.5) is 0 Å². The second kappa shape index (κ2) is 3.02. The van der Waals surface area contributed by atoms with Gasteiger partial charge in [0.15, 0.2) is 0 Å². The van der Waals surface area contributed by atoms with Crippen LogP contribution in [-0.4, -0.2) is 11.6 Å². The molecule has 4 fully saturated rings. The SMILES string of the molecule is CC1CC23OC2(CC1CC1CCCCC1)O3. The normalized spacial score (nSPS) is 55.3. The highest BCUT2D eigenvalue weighted by Crippen LogP contribution is 2.76. The van der Waals surface area contributed by atoms with Gasteiger partial charge >= 0.3 is 0 Å². The van der Waals surface area contributed by atoms with Crippen LogP contribution < -0.4 is 0 Å². The first-order valence-corrected chi connectivity index (χ1v) is 7.13. The van der Waals surface area contributed by atoms with E-state index < -0.39 is 0 Å². The summed E-state index contributed by atoms with van der Waals surface area (Å²) in [5, 5.41) is 0. The molecule has 2 unspecified atom stereocenters. The minimum Gasteiger partial charge on any atom is -0.307 e. The lowest BCUT2D eigenvalue weighted by atomic mass is 9.73. The molecule has 0 N–H and O–H groups in total. The van der Waals surface area contributed by atoms with E-state index in [0.29, 0.717) is 0 Å². The topological polar surface area (TPSA) is 25.1 Å². The van der Waals surface area contributed by atoms with Gasteiger partial charge in [-0.25, -0.2) is 0 Å². The van der Waals surface area contributed by atoms with E-state index in [4.69, 9.17) is 9.47 Å². The molecule has 0 spiro atoms. The first kappa shape index (κ1) is 9.90. The summed E-state index contributed by atoms with van der Waals surface area (Å²) < 4.78 is 11.4. The lowest BCUT2D eigenvalue weighted by Crippen LogP contribution is -2.25. The van der Waals surface area contributed by atoms with Gasteiger partial charge in [0.05, 0.1) is 0 Å². The van der Waals surface area contributed by atoms with Crippen molar-refractivity contribution in [2.75, 3.05) is 0 Å². The number of rotatable bonds is 2. The Morgan fingerprint density at radius 1 is 1.00 bits per heavy atom. The van der Waals surface area contributed by atoms with Gasteiger partial charge in [-0.3, -0.25) is 0 Å². The summed E-state index contributed by atoms with van der Waals surface area (Å²) in [4.78, 5) is 0. The maximum Gasteiger partial charge on any atom is 0.229 e. The molecule has 0 aromatic carbocycles. The third-order valence-electron chi connectivity index (χ3n) is 5.44. The van der Waals surface area contributed by atoms with Crippen molar-refractivity contribution in [1.82, 2.24) is 0 Å². The van der Waals surface area contributed by atoms with Gasteiger partial charge in [0.25, 0.3) is 0 Å². The zero-order valence-corrected chi connectivity index (χ0v) is 10.2. The Bertz CT molecular complexity index is 300. The molecule has 0 aromatic rings. The van der Waals surface area contributed by atoms with Crippen LogP contribution in [0.2, 0.25) is 0 Å². The average Bonchev–Trinajstić information content (AvgIpc) is 3.05. The van der Waals surface area contributed by atoms with E-state index in [2.05, 4.69) is 6.92 Å². The average molecular weight is 222 g/mol. The van der Waals surface area contributed by atoms with E-state index >= 15 is 0 Å². The number of hydrogen-bond acceptors (Lipinski definition) is 2. The predicted octanol–water partition coefficient (Wildman–Crippen LogP) is 3.46. The van der Waals surface area contributed by atoms with Gasteiger partial charge in [-0.2, -0.15) is 0 Å². The molecule has 2 saturated carbocycles. The second-order valence-corrected chi connectivity index (χ2v) is 6.60. The van der Waals surface area contributed by atoms with Gasteiger partial charge < -0.3 is 9.47 Å². The van der Waals surface area contributed by atoms with Crippen LogP contribution in [0, 0.1) is 17.8 Å².